The van der Waals surface area contributed by atoms with Gasteiger partial charge < -0.3 is 33.8 Å². The van der Waals surface area contributed by atoms with Gasteiger partial charge in [0.2, 0.25) is 11.9 Å². The molecule has 0 spiro atoms. The predicted molar refractivity (Wildman–Crippen MR) is 249 cm³/mol. The quantitative estimate of drug-likeness (QED) is 0.0344. The van der Waals surface area contributed by atoms with Gasteiger partial charge in [0, 0.05) is 52.9 Å². The number of nitrogens with one attached hydrogen (secondary N) is 1. The molecule has 1 unspecified atom stereocenters. The molecule has 3 fully saturated rings. The lowest BCUT2D eigenvalue weighted by Crippen LogP contribution is -2.70. The van der Waals surface area contributed by atoms with Crippen molar-refractivity contribution in [3.05, 3.63) is 144 Å². The second kappa shape index (κ2) is 23.8. The third-order valence-electron chi connectivity index (χ3n) is 12.3. The van der Waals surface area contributed by atoms with Crippen molar-refractivity contribution in [3.63, 3.8) is 0 Å². The Morgan fingerprint density at radius 1 is 0.657 bits per heavy atom. The summed E-state index contributed by atoms with van der Waals surface area (Å²) in [5, 5.41) is 2.63. The zero-order valence-corrected chi connectivity index (χ0v) is 38.0. The van der Waals surface area contributed by atoms with Crippen LogP contribution in [0.15, 0.2) is 126 Å². The Labute approximate surface area is 391 Å². The van der Waals surface area contributed by atoms with E-state index in [0.29, 0.717) is 25.9 Å². The number of ether oxygens (including phenoxy) is 3. The molecule has 1 N–H and O–H groups in total. The number of hydrogen-bond donors (Lipinski definition) is 1. The number of urea groups is 2. The zero-order chi connectivity index (χ0) is 47.0. The first-order valence-electron chi connectivity index (χ1n) is 23.0. The van der Waals surface area contributed by atoms with Crippen LogP contribution in [0.1, 0.15) is 54.4 Å². The summed E-state index contributed by atoms with van der Waals surface area (Å²) in [6, 6.07) is 35.8. The fourth-order valence-electron chi connectivity index (χ4n) is 8.65. The number of piperidine rings is 1. The Balaban J connectivity index is 0.984. The van der Waals surface area contributed by atoms with E-state index in [0.717, 1.165) is 40.9 Å². The van der Waals surface area contributed by atoms with E-state index in [9.17, 15) is 28.8 Å². The molecule has 16 nitrogen and oxygen atoms in total. The molecule has 0 aliphatic carbocycles. The average molecular weight is 914 g/mol. The number of aliphatic imine (C=N–C) groups is 1. The maximum absolute atomic E-state index is 14.1. The van der Waals surface area contributed by atoms with Gasteiger partial charge in [0.15, 0.2) is 6.04 Å². The number of likely N-dealkylation sites (tertiary alicyclic amines) is 2. The van der Waals surface area contributed by atoms with E-state index in [1.165, 1.54) is 10.5 Å². The molecular weight excluding hydrogens is 855 g/mol. The minimum absolute atomic E-state index is 0.0110. The van der Waals surface area contributed by atoms with E-state index in [-0.39, 0.29) is 76.9 Å². The molecule has 67 heavy (non-hydrogen) atoms. The minimum atomic E-state index is -1.17. The van der Waals surface area contributed by atoms with Gasteiger partial charge in [-0.3, -0.25) is 10.1 Å². The molecule has 0 aromatic heterocycles. The van der Waals surface area contributed by atoms with Gasteiger partial charge >= 0.3 is 30.2 Å². The second-order valence-corrected chi connectivity index (χ2v) is 17.1. The third-order valence-corrected chi connectivity index (χ3v) is 12.3. The molecule has 352 valence electrons. The molecule has 7 rings (SSSR count). The van der Waals surface area contributed by atoms with E-state index in [1.54, 1.807) is 21.7 Å². The van der Waals surface area contributed by atoms with Crippen molar-refractivity contribution >= 4 is 42.1 Å². The number of aryl methyl sites for hydroxylation is 1. The molecule has 3 aliphatic heterocycles. The smallest absolute Gasteiger partial charge is 0.437 e. The van der Waals surface area contributed by atoms with Crippen LogP contribution >= 0.6 is 0 Å². The third kappa shape index (κ3) is 13.4. The van der Waals surface area contributed by atoms with E-state index in [1.807, 2.05) is 109 Å². The number of carbonyl (C=O) groups is 6. The fraction of sp³-hybridized carbons (Fsp3) is 0.392. The first-order chi connectivity index (χ1) is 32.6. The fourth-order valence-corrected chi connectivity index (χ4v) is 8.65. The number of unbranched alkanes of at least 4 members (excludes halogenated alkanes) is 1. The molecule has 4 aromatic rings. The largest absolute Gasteiger partial charge is 0.459 e. The van der Waals surface area contributed by atoms with Crippen molar-refractivity contribution in [2.75, 3.05) is 52.9 Å². The van der Waals surface area contributed by atoms with Crippen LogP contribution in [-0.4, -0.2) is 125 Å². The van der Waals surface area contributed by atoms with Crippen molar-refractivity contribution in [1.29, 1.82) is 0 Å². The summed E-state index contributed by atoms with van der Waals surface area (Å²) in [7, 11) is 1.78. The van der Waals surface area contributed by atoms with Crippen LogP contribution in [0.4, 0.5) is 19.2 Å². The Hall–Kier alpha value is -7.23. The first kappa shape index (κ1) is 47.7. The maximum Gasteiger partial charge on any atom is 0.437 e. The van der Waals surface area contributed by atoms with Crippen LogP contribution in [0.2, 0.25) is 0 Å². The van der Waals surface area contributed by atoms with Gasteiger partial charge in [-0.1, -0.05) is 121 Å². The van der Waals surface area contributed by atoms with Gasteiger partial charge in [-0.2, -0.15) is 0 Å². The van der Waals surface area contributed by atoms with Crippen LogP contribution in [0.3, 0.4) is 0 Å². The Morgan fingerprint density at radius 3 is 1.79 bits per heavy atom. The highest BCUT2D eigenvalue weighted by atomic mass is 16.6. The summed E-state index contributed by atoms with van der Waals surface area (Å²) in [5.74, 6) is -2.32. The Morgan fingerprint density at radius 2 is 1.19 bits per heavy atom. The summed E-state index contributed by atoms with van der Waals surface area (Å²) < 4.78 is 16.6. The molecule has 3 saturated heterocycles. The molecule has 16 heteroatoms. The number of esters is 1. The van der Waals surface area contributed by atoms with E-state index >= 15 is 0 Å². The highest BCUT2D eigenvalue weighted by Gasteiger charge is 2.57. The lowest BCUT2D eigenvalue weighted by atomic mass is 9.78. The summed E-state index contributed by atoms with van der Waals surface area (Å²) in [4.78, 5) is 93.6. The first-order valence-corrected chi connectivity index (χ1v) is 23.0. The van der Waals surface area contributed by atoms with Gasteiger partial charge in [0.1, 0.15) is 19.8 Å². The number of nitrogens with zero attached hydrogens (tertiary/aromatic N) is 6. The van der Waals surface area contributed by atoms with Crippen molar-refractivity contribution < 1.29 is 43.0 Å². The minimum Gasteiger partial charge on any atom is -0.459 e. The lowest BCUT2D eigenvalue weighted by Gasteiger charge is -2.48. The SMILES string of the molecule is CN(CCCCc1ccccc1)C(=O)N1CCN(C(=O)N2C(=O)[C@H](C[C@@H]3CCCN(C(=NC(=O)OCc4ccccc4)NC(=O)OCc4ccccc4)C3)C2C(=O)OCc2ccccc2)CC1. The number of alkyl carbamates (subject to hydrolysis) is 1. The van der Waals surface area contributed by atoms with Crippen LogP contribution in [-0.2, 0) is 50.0 Å². The number of amides is 7. The van der Waals surface area contributed by atoms with Crippen molar-refractivity contribution in [3.8, 4) is 0 Å². The number of imide groups is 1. The normalized spacial score (nSPS) is 18.4. The summed E-state index contributed by atoms with van der Waals surface area (Å²) in [6.45, 7) is 2.17. The average Bonchev–Trinajstić information content (AvgIpc) is 3.37. The molecule has 3 atom stereocenters. The monoisotopic (exact) mass is 913 g/mol. The molecule has 0 radical (unpaired) electrons. The number of benzene rings is 4. The molecule has 0 saturated carbocycles. The molecule has 3 heterocycles. The topological polar surface area (TPSA) is 171 Å². The predicted octanol–water partition coefficient (Wildman–Crippen LogP) is 7.09. The van der Waals surface area contributed by atoms with Crippen molar-refractivity contribution in [1.82, 2.24) is 29.8 Å². The van der Waals surface area contributed by atoms with E-state index in [4.69, 9.17) is 14.2 Å². The summed E-state index contributed by atoms with van der Waals surface area (Å²) >= 11 is 0. The van der Waals surface area contributed by atoms with E-state index in [2.05, 4.69) is 22.4 Å². The Bertz CT molecular complexity index is 2310. The van der Waals surface area contributed by atoms with Crippen LogP contribution in [0.5, 0.6) is 0 Å². The van der Waals surface area contributed by atoms with Crippen molar-refractivity contribution in [2.45, 2.75) is 64.4 Å². The highest BCUT2D eigenvalue weighted by Crippen LogP contribution is 2.37. The summed E-state index contributed by atoms with van der Waals surface area (Å²) in [6.07, 6.45) is 2.52. The Kier molecular flexibility index (Phi) is 17.0. The number of hydrogen-bond acceptors (Lipinski definition) is 9. The van der Waals surface area contributed by atoms with E-state index < -0.39 is 42.1 Å². The molecule has 0 bridgehead atoms. The molecule has 3 aliphatic rings. The number of β-lactam (4-membered cyclic amide) rings is 1. The van der Waals surface area contributed by atoms with Gasteiger partial charge in [-0.05, 0) is 66.7 Å². The molecular formula is C51H59N7O9. The molecule has 7 amide bonds. The van der Waals surface area contributed by atoms with Crippen LogP contribution in [0, 0.1) is 11.8 Å². The number of carbonyl (C=O) groups excluding carboxylic acids is 6. The van der Waals surface area contributed by atoms with Gasteiger partial charge in [0.05, 0.1) is 5.92 Å². The molecule has 4 aromatic carbocycles. The highest BCUT2D eigenvalue weighted by molar-refractivity contribution is 6.08. The van der Waals surface area contributed by atoms with Gasteiger partial charge in [0.25, 0.3) is 0 Å². The number of piperazine rings is 1. The zero-order valence-electron chi connectivity index (χ0n) is 38.0. The van der Waals surface area contributed by atoms with Crippen LogP contribution in [0.25, 0.3) is 0 Å². The maximum atomic E-state index is 14.1. The van der Waals surface area contributed by atoms with Crippen LogP contribution < -0.4 is 5.32 Å². The van der Waals surface area contributed by atoms with Crippen molar-refractivity contribution in [2.24, 2.45) is 16.8 Å². The van der Waals surface area contributed by atoms with Gasteiger partial charge in [-0.25, -0.2) is 28.9 Å². The summed E-state index contributed by atoms with van der Waals surface area (Å²) in [5.41, 5.74) is 3.55. The standard InChI is InChI=1S/C51H59N7O9/c1-54(27-15-14-19-38-17-6-2-7-18-38)50(63)55-29-31-56(32-30-55)51(64)58-44(46(60)65-35-39-20-8-3-9-21-39)43(45(58)59)33-42-26-16-28-57(34-42)47(52-48(61)66-36-40-22-10-4-11-23-40)53-49(62)67-37-41-24-12-5-13-25-41/h2-13,17-18,20-25,42-44H,14-16,19,26-37H2,1H3,(H,52,53,61,62)/t42-,43+,44?/m0/s1. The van der Waals surface area contributed by atoms with Gasteiger partial charge in [-0.15, -0.1) is 4.99 Å². The number of guanidine groups is 1. The lowest BCUT2D eigenvalue weighted by molar-refractivity contribution is -0.172. The number of rotatable bonds is 14. The second-order valence-electron chi connectivity index (χ2n) is 17.1.